The number of hydrogen-bond acceptors (Lipinski definition) is 3. The Balaban J connectivity index is 1.34. The van der Waals surface area contributed by atoms with Crippen LogP contribution in [0.25, 0.3) is 0 Å². The van der Waals surface area contributed by atoms with E-state index in [2.05, 4.69) is 56.6 Å². The van der Waals surface area contributed by atoms with Gasteiger partial charge in [0.2, 0.25) is 0 Å². The van der Waals surface area contributed by atoms with Crippen molar-refractivity contribution in [1.29, 1.82) is 0 Å². The van der Waals surface area contributed by atoms with Gasteiger partial charge in [-0.05, 0) is 97.4 Å². The second-order valence-electron chi connectivity index (χ2n) is 13.7. The zero-order chi connectivity index (χ0) is 24.6. The van der Waals surface area contributed by atoms with Gasteiger partial charge in [0.15, 0.2) is 0 Å². The van der Waals surface area contributed by atoms with Crippen LogP contribution in [0.3, 0.4) is 0 Å². The van der Waals surface area contributed by atoms with Crippen molar-refractivity contribution in [3.63, 3.8) is 0 Å². The molecule has 2 spiro atoms. The van der Waals surface area contributed by atoms with E-state index in [-0.39, 0.29) is 28.3 Å². The Kier molecular flexibility index (Phi) is 5.48. The maximum Gasteiger partial charge on any atom is 0.0576 e. The molecule has 0 aromatic rings. The molecule has 8 atom stereocenters. The lowest BCUT2D eigenvalue weighted by Crippen LogP contribution is -2.55. The molecule has 3 fully saturated rings. The van der Waals surface area contributed by atoms with E-state index in [0.29, 0.717) is 36.2 Å². The van der Waals surface area contributed by atoms with Crippen molar-refractivity contribution in [3.8, 4) is 0 Å². The van der Waals surface area contributed by atoms with Gasteiger partial charge < -0.3 is 10.2 Å². The van der Waals surface area contributed by atoms with Crippen molar-refractivity contribution in [2.45, 2.75) is 72.1 Å². The molecule has 6 rings (SSSR count). The van der Waals surface area contributed by atoms with E-state index >= 15 is 0 Å². The maximum atomic E-state index is 10.2. The Bertz CT molecular complexity index is 1030. The third kappa shape index (κ3) is 3.07. The highest BCUT2D eigenvalue weighted by Crippen LogP contribution is 2.88. The van der Waals surface area contributed by atoms with Gasteiger partial charge in [-0.25, -0.2) is 0 Å². The summed E-state index contributed by atoms with van der Waals surface area (Å²) in [7, 11) is 0. The second kappa shape index (κ2) is 8.02. The predicted molar refractivity (Wildman–Crippen MR) is 143 cm³/mol. The van der Waals surface area contributed by atoms with Crippen molar-refractivity contribution in [1.82, 2.24) is 0 Å². The van der Waals surface area contributed by atoms with Gasteiger partial charge in [0.25, 0.3) is 0 Å². The minimum absolute atomic E-state index is 0.158. The summed E-state index contributed by atoms with van der Waals surface area (Å²) in [6.07, 6.45) is 21.0. The summed E-state index contributed by atoms with van der Waals surface area (Å²) in [5.74, 6) is 2.74. The van der Waals surface area contributed by atoms with Gasteiger partial charge in [-0.15, -0.1) is 0 Å². The largest absolute Gasteiger partial charge is 0.396 e. The third-order valence-electron chi connectivity index (χ3n) is 12.0. The van der Waals surface area contributed by atoms with Gasteiger partial charge in [0.1, 0.15) is 0 Å². The average Bonchev–Trinajstić information content (AvgIpc) is 3.23. The van der Waals surface area contributed by atoms with Gasteiger partial charge in [-0.2, -0.15) is 0 Å². The molecule has 3 saturated carbocycles. The molecule has 8 unspecified atom stereocenters. The van der Waals surface area contributed by atoms with Gasteiger partial charge in [0.05, 0.1) is 6.54 Å². The van der Waals surface area contributed by atoms with E-state index in [1.165, 1.54) is 36.8 Å². The van der Waals surface area contributed by atoms with Crippen LogP contribution in [0.15, 0.2) is 52.6 Å². The van der Waals surface area contributed by atoms with Crippen LogP contribution in [-0.2, 0) is 0 Å². The van der Waals surface area contributed by atoms with Crippen LogP contribution in [0.2, 0.25) is 0 Å². The summed E-state index contributed by atoms with van der Waals surface area (Å²) in [6.45, 7) is 13.6. The molecule has 0 radical (unpaired) electrons. The van der Waals surface area contributed by atoms with Crippen LogP contribution in [0.4, 0.5) is 0 Å². The van der Waals surface area contributed by atoms with Crippen LogP contribution in [0.5, 0.6) is 0 Å². The first-order valence-corrected chi connectivity index (χ1v) is 14.2. The van der Waals surface area contributed by atoms with Crippen LogP contribution in [-0.4, -0.2) is 36.2 Å². The molecule has 0 aromatic heterocycles. The van der Waals surface area contributed by atoms with E-state index in [1.54, 1.807) is 5.57 Å². The summed E-state index contributed by atoms with van der Waals surface area (Å²) in [5.41, 5.74) is 5.19. The molecule has 2 N–H and O–H groups in total. The summed E-state index contributed by atoms with van der Waals surface area (Å²) in [4.78, 5) is 4.35. The summed E-state index contributed by atoms with van der Waals surface area (Å²) in [6, 6.07) is 0. The molecular formula is C32H45NO2. The zero-order valence-corrected chi connectivity index (χ0v) is 22.1. The molecule has 0 saturated heterocycles. The second-order valence-corrected chi connectivity index (χ2v) is 13.7. The van der Waals surface area contributed by atoms with Crippen LogP contribution in [0.1, 0.15) is 72.1 Å². The standard InChI is InChI=1S/C32H45NO2/c1-21-14-27-30(4)26(6-5-10-32(30)28(21)29(32,2)3)25(9-13-34)18-31(27)11-7-22(17-31)15-24(20-35)16-23-8-12-33-19-23/h5,8,10,14,19,22,24-26,28,34-35H,1,6-7,9,11-13,15-18,20H2,2-4H3. The highest BCUT2D eigenvalue weighted by molar-refractivity contribution is 5.80. The number of aliphatic imine (C=N–C) groups is 1. The van der Waals surface area contributed by atoms with Crippen molar-refractivity contribution in [2.24, 2.45) is 56.2 Å². The Hall–Kier alpha value is -1.45. The molecular weight excluding hydrogens is 430 g/mol. The topological polar surface area (TPSA) is 52.8 Å². The fraction of sp³-hybridized carbons (Fsp3) is 0.719. The first-order valence-electron chi connectivity index (χ1n) is 14.2. The summed E-state index contributed by atoms with van der Waals surface area (Å²) < 4.78 is 0. The lowest BCUT2D eigenvalue weighted by molar-refractivity contribution is -0.0294. The maximum absolute atomic E-state index is 10.2. The normalized spacial score (nSPS) is 45.2. The van der Waals surface area contributed by atoms with E-state index in [4.69, 9.17) is 0 Å². The molecule has 35 heavy (non-hydrogen) atoms. The Morgan fingerprint density at radius 2 is 2.03 bits per heavy atom. The monoisotopic (exact) mass is 475 g/mol. The number of nitrogens with zero attached hydrogens (tertiary/aromatic N) is 1. The lowest BCUT2D eigenvalue weighted by atomic mass is 9.41. The molecule has 0 aromatic carbocycles. The highest BCUT2D eigenvalue weighted by atomic mass is 16.3. The SMILES string of the molecule is C=C1C=C2C3(CCC(CC(CO)CC4=CCN=C4)C3)CC(CCO)C3CC=CC4(C1C4(C)C)C23C. The minimum Gasteiger partial charge on any atom is -0.396 e. The van der Waals surface area contributed by atoms with Crippen LogP contribution in [0, 0.1) is 51.2 Å². The minimum atomic E-state index is 0.158. The Morgan fingerprint density at radius 1 is 1.20 bits per heavy atom. The number of allylic oxidation sites excluding steroid dienone is 6. The summed E-state index contributed by atoms with van der Waals surface area (Å²) in [5, 5.41) is 20.3. The smallest absolute Gasteiger partial charge is 0.0576 e. The quantitative estimate of drug-likeness (QED) is 0.425. The number of aliphatic hydroxyl groups is 2. The first-order chi connectivity index (χ1) is 16.7. The lowest BCUT2D eigenvalue weighted by Gasteiger charge is -2.62. The van der Waals surface area contributed by atoms with Gasteiger partial charge >= 0.3 is 0 Å². The third-order valence-corrected chi connectivity index (χ3v) is 12.0. The van der Waals surface area contributed by atoms with Crippen LogP contribution < -0.4 is 0 Å². The molecule has 5 aliphatic carbocycles. The van der Waals surface area contributed by atoms with Crippen molar-refractivity contribution < 1.29 is 10.2 Å². The number of rotatable bonds is 7. The van der Waals surface area contributed by atoms with Crippen molar-refractivity contribution in [2.75, 3.05) is 19.8 Å². The molecule has 1 heterocycles. The van der Waals surface area contributed by atoms with E-state index in [1.807, 2.05) is 6.21 Å². The molecule has 6 aliphatic rings. The zero-order valence-electron chi connectivity index (χ0n) is 22.1. The molecule has 3 heteroatoms. The molecule has 190 valence electrons. The van der Waals surface area contributed by atoms with Gasteiger partial charge in [0, 0.05) is 30.3 Å². The van der Waals surface area contributed by atoms with Gasteiger partial charge in [-0.1, -0.05) is 62.8 Å². The fourth-order valence-electron chi connectivity index (χ4n) is 10.8. The van der Waals surface area contributed by atoms with Crippen molar-refractivity contribution in [3.05, 3.63) is 47.6 Å². The Morgan fingerprint density at radius 3 is 2.74 bits per heavy atom. The fourth-order valence-corrected chi connectivity index (χ4v) is 10.8. The molecule has 1 aliphatic heterocycles. The van der Waals surface area contributed by atoms with E-state index < -0.39 is 0 Å². The first kappa shape index (κ1) is 23.9. The van der Waals surface area contributed by atoms with E-state index in [9.17, 15) is 10.2 Å². The molecule has 0 bridgehead atoms. The number of fused-ring (bicyclic) bond motifs is 1. The van der Waals surface area contributed by atoms with Crippen LogP contribution >= 0.6 is 0 Å². The number of hydrogen-bond donors (Lipinski definition) is 2. The highest BCUT2D eigenvalue weighted by Gasteiger charge is 2.82. The van der Waals surface area contributed by atoms with Gasteiger partial charge in [-0.3, -0.25) is 4.99 Å². The Labute approximate surface area is 212 Å². The number of aliphatic hydroxyl groups excluding tert-OH is 2. The molecule has 3 nitrogen and oxygen atoms in total. The van der Waals surface area contributed by atoms with E-state index in [0.717, 1.165) is 32.2 Å². The molecule has 0 amide bonds. The predicted octanol–water partition coefficient (Wildman–Crippen LogP) is 6.30. The van der Waals surface area contributed by atoms with Crippen molar-refractivity contribution >= 4 is 6.21 Å². The average molecular weight is 476 g/mol. The summed E-state index contributed by atoms with van der Waals surface area (Å²) >= 11 is 0.